The van der Waals surface area contributed by atoms with Crippen LogP contribution in [0.15, 0.2) is 0 Å². The SMILES string of the molecule is CCCN1CCOC(c2nc(C)c(C(C)C)c(Cl)n2)C1. The average Bonchev–Trinajstić information content (AvgIpc) is 2.38. The largest absolute Gasteiger partial charge is 0.368 e. The first-order valence-electron chi connectivity index (χ1n) is 7.40. The fourth-order valence-corrected chi connectivity index (χ4v) is 3.19. The second-order valence-electron chi connectivity index (χ2n) is 5.69. The molecule has 1 aromatic rings. The van der Waals surface area contributed by atoms with Gasteiger partial charge in [0.15, 0.2) is 5.82 Å². The molecule has 1 atom stereocenters. The van der Waals surface area contributed by atoms with E-state index in [9.17, 15) is 0 Å². The minimum absolute atomic E-state index is 0.0623. The van der Waals surface area contributed by atoms with Gasteiger partial charge in [0.25, 0.3) is 0 Å². The predicted octanol–water partition coefficient (Wildman–Crippen LogP) is 3.35. The minimum atomic E-state index is -0.0623. The molecular formula is C15H24ClN3O. The van der Waals surface area contributed by atoms with Crippen LogP contribution < -0.4 is 0 Å². The summed E-state index contributed by atoms with van der Waals surface area (Å²) in [7, 11) is 0. The van der Waals surface area contributed by atoms with Crippen molar-refractivity contribution in [3.8, 4) is 0 Å². The number of aromatic nitrogens is 2. The number of hydrogen-bond acceptors (Lipinski definition) is 4. The Bertz CT molecular complexity index is 439. The van der Waals surface area contributed by atoms with Crippen molar-refractivity contribution in [3.63, 3.8) is 0 Å². The van der Waals surface area contributed by atoms with Gasteiger partial charge in [-0.2, -0.15) is 0 Å². The zero-order valence-electron chi connectivity index (χ0n) is 12.8. The van der Waals surface area contributed by atoms with Crippen molar-refractivity contribution in [3.05, 3.63) is 22.2 Å². The summed E-state index contributed by atoms with van der Waals surface area (Å²) in [6.07, 6.45) is 1.09. The number of aryl methyl sites for hydroxylation is 1. The van der Waals surface area contributed by atoms with Gasteiger partial charge < -0.3 is 4.74 Å². The number of ether oxygens (including phenoxy) is 1. The normalized spacial score (nSPS) is 20.6. The minimum Gasteiger partial charge on any atom is -0.368 e. The molecule has 0 amide bonds. The molecule has 112 valence electrons. The summed E-state index contributed by atoms with van der Waals surface area (Å²) in [4.78, 5) is 11.5. The van der Waals surface area contributed by atoms with Crippen molar-refractivity contribution < 1.29 is 4.74 Å². The van der Waals surface area contributed by atoms with Gasteiger partial charge >= 0.3 is 0 Å². The van der Waals surface area contributed by atoms with Crippen molar-refractivity contribution in [1.29, 1.82) is 0 Å². The van der Waals surface area contributed by atoms with E-state index in [2.05, 4.69) is 35.6 Å². The van der Waals surface area contributed by atoms with Crippen LogP contribution in [0.2, 0.25) is 5.15 Å². The summed E-state index contributed by atoms with van der Waals surface area (Å²) < 4.78 is 5.83. The molecule has 1 fully saturated rings. The van der Waals surface area contributed by atoms with E-state index >= 15 is 0 Å². The Labute approximate surface area is 126 Å². The van der Waals surface area contributed by atoms with E-state index in [4.69, 9.17) is 16.3 Å². The molecule has 1 saturated heterocycles. The molecule has 0 spiro atoms. The lowest BCUT2D eigenvalue weighted by Gasteiger charge is -2.32. The summed E-state index contributed by atoms with van der Waals surface area (Å²) in [5.41, 5.74) is 2.00. The summed E-state index contributed by atoms with van der Waals surface area (Å²) in [5.74, 6) is 1.05. The lowest BCUT2D eigenvalue weighted by Crippen LogP contribution is -2.39. The fraction of sp³-hybridized carbons (Fsp3) is 0.733. The zero-order valence-corrected chi connectivity index (χ0v) is 13.6. The fourth-order valence-electron chi connectivity index (χ4n) is 2.75. The molecule has 0 aliphatic carbocycles. The average molecular weight is 298 g/mol. The smallest absolute Gasteiger partial charge is 0.160 e. The topological polar surface area (TPSA) is 38.2 Å². The number of rotatable bonds is 4. The second kappa shape index (κ2) is 6.83. The van der Waals surface area contributed by atoms with Crippen LogP contribution in [0.1, 0.15) is 56.3 Å². The standard InChI is InChI=1S/C15H24ClN3O/c1-5-6-19-7-8-20-12(9-19)15-17-11(4)13(10(2)3)14(16)18-15/h10,12H,5-9H2,1-4H3. The molecule has 1 unspecified atom stereocenters. The van der Waals surface area contributed by atoms with E-state index < -0.39 is 0 Å². The lowest BCUT2D eigenvalue weighted by molar-refractivity contribution is -0.0343. The third-order valence-electron chi connectivity index (χ3n) is 3.66. The molecule has 2 rings (SSSR count). The van der Waals surface area contributed by atoms with Crippen LogP contribution in [0.4, 0.5) is 0 Å². The van der Waals surface area contributed by atoms with E-state index in [1.807, 2.05) is 6.92 Å². The van der Waals surface area contributed by atoms with Crippen molar-refractivity contribution in [2.75, 3.05) is 26.2 Å². The summed E-state index contributed by atoms with van der Waals surface area (Å²) >= 11 is 6.33. The van der Waals surface area contributed by atoms with E-state index in [0.29, 0.717) is 11.1 Å². The van der Waals surface area contributed by atoms with E-state index in [1.54, 1.807) is 0 Å². The van der Waals surface area contributed by atoms with Gasteiger partial charge in [0.2, 0.25) is 0 Å². The van der Waals surface area contributed by atoms with Gasteiger partial charge in [0.05, 0.1) is 6.61 Å². The highest BCUT2D eigenvalue weighted by Crippen LogP contribution is 2.28. The molecule has 1 aromatic heterocycles. The van der Waals surface area contributed by atoms with Crippen molar-refractivity contribution >= 4 is 11.6 Å². The first-order chi connectivity index (χ1) is 9.52. The van der Waals surface area contributed by atoms with Crippen LogP contribution in [0.5, 0.6) is 0 Å². The Kier molecular flexibility index (Phi) is 5.35. The first kappa shape index (κ1) is 15.7. The number of morpholine rings is 1. The lowest BCUT2D eigenvalue weighted by atomic mass is 10.0. The Hall–Kier alpha value is -0.710. The molecule has 0 radical (unpaired) electrons. The molecule has 20 heavy (non-hydrogen) atoms. The van der Waals surface area contributed by atoms with Crippen LogP contribution >= 0.6 is 11.6 Å². The van der Waals surface area contributed by atoms with Crippen LogP contribution in [-0.2, 0) is 4.74 Å². The molecule has 0 saturated carbocycles. The van der Waals surface area contributed by atoms with Crippen molar-refractivity contribution in [1.82, 2.24) is 14.9 Å². The van der Waals surface area contributed by atoms with Gasteiger partial charge in [-0.3, -0.25) is 4.90 Å². The Morgan fingerprint density at radius 2 is 2.15 bits per heavy atom. The van der Waals surface area contributed by atoms with E-state index in [0.717, 1.165) is 49.7 Å². The van der Waals surface area contributed by atoms with Crippen LogP contribution in [0.3, 0.4) is 0 Å². The quantitative estimate of drug-likeness (QED) is 0.799. The van der Waals surface area contributed by atoms with E-state index in [-0.39, 0.29) is 6.10 Å². The molecule has 1 aliphatic rings. The number of nitrogens with zero attached hydrogens (tertiary/aromatic N) is 3. The third kappa shape index (κ3) is 3.48. The van der Waals surface area contributed by atoms with Gasteiger partial charge in [0.1, 0.15) is 11.3 Å². The van der Waals surface area contributed by atoms with Crippen LogP contribution in [-0.4, -0.2) is 41.1 Å². The van der Waals surface area contributed by atoms with Crippen LogP contribution in [0.25, 0.3) is 0 Å². The van der Waals surface area contributed by atoms with Gasteiger partial charge in [-0.1, -0.05) is 32.4 Å². The zero-order chi connectivity index (χ0) is 14.7. The second-order valence-corrected chi connectivity index (χ2v) is 6.04. The summed E-state index contributed by atoms with van der Waals surface area (Å²) in [5, 5.41) is 0.568. The Balaban J connectivity index is 2.20. The first-order valence-corrected chi connectivity index (χ1v) is 7.78. The maximum atomic E-state index is 6.33. The number of hydrogen-bond donors (Lipinski definition) is 0. The Morgan fingerprint density at radius 3 is 2.75 bits per heavy atom. The van der Waals surface area contributed by atoms with E-state index in [1.165, 1.54) is 0 Å². The van der Waals surface area contributed by atoms with Crippen LogP contribution in [0, 0.1) is 6.92 Å². The van der Waals surface area contributed by atoms with Crippen molar-refractivity contribution in [2.45, 2.75) is 46.1 Å². The highest BCUT2D eigenvalue weighted by Gasteiger charge is 2.25. The third-order valence-corrected chi connectivity index (χ3v) is 3.95. The molecule has 1 aliphatic heterocycles. The van der Waals surface area contributed by atoms with Gasteiger partial charge in [-0.15, -0.1) is 0 Å². The highest BCUT2D eigenvalue weighted by atomic mass is 35.5. The predicted molar refractivity (Wildman–Crippen MR) is 81.3 cm³/mol. The Morgan fingerprint density at radius 1 is 1.40 bits per heavy atom. The van der Waals surface area contributed by atoms with Gasteiger partial charge in [-0.05, 0) is 25.8 Å². The number of halogens is 1. The van der Waals surface area contributed by atoms with Crippen molar-refractivity contribution in [2.24, 2.45) is 0 Å². The summed E-state index contributed by atoms with van der Waals surface area (Å²) in [6.45, 7) is 12.1. The molecule has 2 heterocycles. The molecule has 5 heteroatoms. The maximum absolute atomic E-state index is 6.33. The molecular weight excluding hydrogens is 274 g/mol. The monoisotopic (exact) mass is 297 g/mol. The molecule has 0 bridgehead atoms. The highest BCUT2D eigenvalue weighted by molar-refractivity contribution is 6.30. The molecule has 0 N–H and O–H groups in total. The van der Waals surface area contributed by atoms with Gasteiger partial charge in [0, 0.05) is 24.3 Å². The summed E-state index contributed by atoms with van der Waals surface area (Å²) in [6, 6.07) is 0. The molecule has 0 aromatic carbocycles. The van der Waals surface area contributed by atoms with Gasteiger partial charge in [-0.25, -0.2) is 9.97 Å². The molecule has 4 nitrogen and oxygen atoms in total. The maximum Gasteiger partial charge on any atom is 0.160 e.